The predicted molar refractivity (Wildman–Crippen MR) is 90.3 cm³/mol. The summed E-state index contributed by atoms with van der Waals surface area (Å²) in [7, 11) is 3.14. The lowest BCUT2D eigenvalue weighted by atomic mass is 9.67. The van der Waals surface area contributed by atoms with Gasteiger partial charge < -0.3 is 9.47 Å². The summed E-state index contributed by atoms with van der Waals surface area (Å²) >= 11 is 0. The molecule has 0 amide bonds. The Labute approximate surface area is 141 Å². The predicted octanol–water partition coefficient (Wildman–Crippen LogP) is 3.29. The summed E-state index contributed by atoms with van der Waals surface area (Å²) in [4.78, 5) is 0. The highest BCUT2D eigenvalue weighted by atomic mass is 16.5. The number of nitriles is 2. The van der Waals surface area contributed by atoms with Crippen LogP contribution >= 0.6 is 0 Å². The van der Waals surface area contributed by atoms with Gasteiger partial charge in [-0.25, -0.2) is 0 Å². The number of benzene rings is 2. The summed E-state index contributed by atoms with van der Waals surface area (Å²) in [5.74, 6) is 3.00. The molecular weight excluding hydrogens is 300 g/mol. The Morgan fingerprint density at radius 3 is 1.46 bits per heavy atom. The SMILES string of the molecule is C#CC(c1ccc(OC)cc1)(c1ccc(OC)cc1)C(C#N)C#N. The molecule has 0 saturated heterocycles. The van der Waals surface area contributed by atoms with Gasteiger partial charge in [0.1, 0.15) is 16.9 Å². The topological polar surface area (TPSA) is 66.0 Å². The molecule has 4 nitrogen and oxygen atoms in total. The van der Waals surface area contributed by atoms with E-state index < -0.39 is 11.3 Å². The molecular formula is C20H16N2O2. The van der Waals surface area contributed by atoms with Crippen molar-refractivity contribution in [2.45, 2.75) is 5.41 Å². The molecule has 0 aliphatic carbocycles. The van der Waals surface area contributed by atoms with Gasteiger partial charge in [0.05, 0.1) is 26.4 Å². The fourth-order valence-electron chi connectivity index (χ4n) is 2.68. The summed E-state index contributed by atoms with van der Waals surface area (Å²) in [6, 6.07) is 18.2. The zero-order valence-electron chi connectivity index (χ0n) is 13.5. The Hall–Kier alpha value is -3.42. The van der Waals surface area contributed by atoms with E-state index in [1.807, 2.05) is 12.1 Å². The minimum absolute atomic E-state index is 0.671. The van der Waals surface area contributed by atoms with E-state index in [1.165, 1.54) is 0 Å². The Morgan fingerprint density at radius 2 is 1.21 bits per heavy atom. The van der Waals surface area contributed by atoms with E-state index in [4.69, 9.17) is 15.9 Å². The molecule has 2 rings (SSSR count). The fraction of sp³-hybridized carbons (Fsp3) is 0.200. The summed E-state index contributed by atoms with van der Waals surface area (Å²) in [5.41, 5.74) is 0.190. The first-order chi connectivity index (χ1) is 11.7. The van der Waals surface area contributed by atoms with Gasteiger partial charge in [-0.05, 0) is 35.4 Å². The molecule has 0 atom stereocenters. The molecule has 0 aliphatic rings. The second-order valence-corrected chi connectivity index (χ2v) is 5.10. The average Bonchev–Trinajstić information content (AvgIpc) is 2.66. The Morgan fingerprint density at radius 1 is 0.833 bits per heavy atom. The molecule has 0 N–H and O–H groups in total. The Kier molecular flexibility index (Phi) is 5.10. The van der Waals surface area contributed by atoms with Gasteiger partial charge in [-0.3, -0.25) is 0 Å². The minimum Gasteiger partial charge on any atom is -0.497 e. The van der Waals surface area contributed by atoms with Crippen molar-refractivity contribution < 1.29 is 9.47 Å². The maximum absolute atomic E-state index is 9.50. The van der Waals surface area contributed by atoms with Gasteiger partial charge in [-0.1, -0.05) is 30.2 Å². The minimum atomic E-state index is -1.18. The van der Waals surface area contributed by atoms with Gasteiger partial charge in [0.15, 0.2) is 5.92 Å². The molecule has 0 fully saturated rings. The normalized spacial score (nSPS) is 10.3. The van der Waals surface area contributed by atoms with Gasteiger partial charge in [-0.2, -0.15) is 10.5 Å². The van der Waals surface area contributed by atoms with Gasteiger partial charge in [0.2, 0.25) is 0 Å². The van der Waals surface area contributed by atoms with Crippen molar-refractivity contribution in [1.29, 1.82) is 10.5 Å². The van der Waals surface area contributed by atoms with E-state index in [1.54, 1.807) is 62.8 Å². The van der Waals surface area contributed by atoms with Gasteiger partial charge in [-0.15, -0.1) is 6.42 Å². The molecule has 0 saturated carbocycles. The number of terminal acetylenes is 1. The lowest BCUT2D eigenvalue weighted by Gasteiger charge is -2.30. The first-order valence-electron chi connectivity index (χ1n) is 7.22. The number of ether oxygens (including phenoxy) is 2. The van der Waals surface area contributed by atoms with Crippen LogP contribution in [-0.4, -0.2) is 14.2 Å². The fourth-order valence-corrected chi connectivity index (χ4v) is 2.68. The highest BCUT2D eigenvalue weighted by Gasteiger charge is 2.41. The number of rotatable bonds is 5. The summed E-state index contributed by atoms with van der Waals surface area (Å²) in [6.45, 7) is 0. The first-order valence-corrected chi connectivity index (χ1v) is 7.22. The molecule has 0 aromatic heterocycles. The number of methoxy groups -OCH3 is 2. The van der Waals surface area contributed by atoms with Crippen molar-refractivity contribution in [2.75, 3.05) is 14.2 Å². The molecule has 0 heterocycles. The van der Waals surface area contributed by atoms with Crippen molar-refractivity contribution in [3.05, 3.63) is 59.7 Å². The molecule has 0 radical (unpaired) electrons. The van der Waals surface area contributed by atoms with Crippen LogP contribution in [0.1, 0.15) is 11.1 Å². The molecule has 2 aromatic rings. The zero-order valence-corrected chi connectivity index (χ0v) is 13.5. The van der Waals surface area contributed by atoms with Gasteiger partial charge >= 0.3 is 0 Å². The third kappa shape index (κ3) is 2.76. The van der Waals surface area contributed by atoms with Crippen LogP contribution in [0, 0.1) is 40.9 Å². The van der Waals surface area contributed by atoms with Crippen LogP contribution in [0.25, 0.3) is 0 Å². The van der Waals surface area contributed by atoms with Crippen LogP contribution in [0.4, 0.5) is 0 Å². The number of hydrogen-bond donors (Lipinski definition) is 0. The smallest absolute Gasteiger partial charge is 0.157 e. The highest BCUT2D eigenvalue weighted by molar-refractivity contribution is 5.53. The van der Waals surface area contributed by atoms with E-state index >= 15 is 0 Å². The first kappa shape index (κ1) is 16.9. The van der Waals surface area contributed by atoms with Gasteiger partial charge in [0.25, 0.3) is 0 Å². The van der Waals surface area contributed by atoms with E-state index in [-0.39, 0.29) is 0 Å². The van der Waals surface area contributed by atoms with Crippen molar-refractivity contribution in [3.63, 3.8) is 0 Å². The molecule has 0 bridgehead atoms. The lowest BCUT2D eigenvalue weighted by molar-refractivity contribution is 0.413. The molecule has 2 aromatic carbocycles. The molecule has 24 heavy (non-hydrogen) atoms. The Balaban J connectivity index is 2.70. The third-order valence-electron chi connectivity index (χ3n) is 4.01. The van der Waals surface area contributed by atoms with Crippen LogP contribution in [0.15, 0.2) is 48.5 Å². The van der Waals surface area contributed by atoms with Gasteiger partial charge in [0, 0.05) is 0 Å². The van der Waals surface area contributed by atoms with Crippen molar-refractivity contribution >= 4 is 0 Å². The summed E-state index contributed by atoms with van der Waals surface area (Å²) in [5, 5.41) is 19.0. The standard InChI is InChI=1S/C20H16N2O2/c1-4-20(17(13-21)14-22,15-5-9-18(23-2)10-6-15)16-7-11-19(24-3)12-8-16/h1,5-12,17H,2-3H3. The summed E-state index contributed by atoms with van der Waals surface area (Å²) in [6.07, 6.45) is 5.85. The maximum atomic E-state index is 9.50. The lowest BCUT2D eigenvalue weighted by Crippen LogP contribution is -2.33. The third-order valence-corrected chi connectivity index (χ3v) is 4.01. The van der Waals surface area contributed by atoms with Crippen molar-refractivity contribution in [3.8, 4) is 36.0 Å². The molecule has 0 spiro atoms. The second-order valence-electron chi connectivity index (χ2n) is 5.10. The van der Waals surface area contributed by atoms with Crippen molar-refractivity contribution in [1.82, 2.24) is 0 Å². The van der Waals surface area contributed by atoms with Crippen molar-refractivity contribution in [2.24, 2.45) is 5.92 Å². The molecule has 0 unspecified atom stereocenters. The second kappa shape index (κ2) is 7.23. The van der Waals surface area contributed by atoms with E-state index in [0.717, 1.165) is 0 Å². The molecule has 4 heteroatoms. The monoisotopic (exact) mass is 316 g/mol. The number of hydrogen-bond acceptors (Lipinski definition) is 4. The average molecular weight is 316 g/mol. The van der Waals surface area contributed by atoms with E-state index in [2.05, 4.69) is 5.92 Å². The van der Waals surface area contributed by atoms with Crippen LogP contribution < -0.4 is 9.47 Å². The zero-order chi connectivity index (χ0) is 17.6. The van der Waals surface area contributed by atoms with Crippen LogP contribution in [0.5, 0.6) is 11.5 Å². The van der Waals surface area contributed by atoms with E-state index in [0.29, 0.717) is 22.6 Å². The van der Waals surface area contributed by atoms with Crippen LogP contribution in [0.2, 0.25) is 0 Å². The molecule has 118 valence electrons. The van der Waals surface area contributed by atoms with Crippen LogP contribution in [0.3, 0.4) is 0 Å². The highest BCUT2D eigenvalue weighted by Crippen LogP contribution is 2.39. The number of nitrogens with zero attached hydrogens (tertiary/aromatic N) is 2. The van der Waals surface area contributed by atoms with E-state index in [9.17, 15) is 10.5 Å². The summed E-state index contributed by atoms with van der Waals surface area (Å²) < 4.78 is 10.3. The molecule has 0 aliphatic heterocycles. The quantitative estimate of drug-likeness (QED) is 0.794. The largest absolute Gasteiger partial charge is 0.497 e. The maximum Gasteiger partial charge on any atom is 0.157 e. The van der Waals surface area contributed by atoms with Crippen LogP contribution in [-0.2, 0) is 5.41 Å². The Bertz CT molecular complexity index is 757.